The minimum atomic E-state index is -4.58. The van der Waals surface area contributed by atoms with E-state index in [1.54, 1.807) is 60.5 Å². The number of hydrogen-bond acceptors (Lipinski definition) is 4. The second kappa shape index (κ2) is 8.84. The molecule has 5 aromatic rings. The van der Waals surface area contributed by atoms with Crippen molar-refractivity contribution in [3.8, 4) is 11.1 Å². The topological polar surface area (TPSA) is 97.6 Å². The minimum Gasteiger partial charge on any atom is -0.311 e. The largest absolute Gasteiger partial charge is 0.433 e. The summed E-state index contributed by atoms with van der Waals surface area (Å²) in [6.07, 6.45) is -0.171. The molecule has 11 heteroatoms. The van der Waals surface area contributed by atoms with E-state index >= 15 is 0 Å². The lowest BCUT2D eigenvalue weighted by Gasteiger charge is -2.11. The summed E-state index contributed by atoms with van der Waals surface area (Å²) in [4.78, 5) is 25.7. The van der Waals surface area contributed by atoms with Gasteiger partial charge in [0.1, 0.15) is 5.69 Å². The number of anilines is 1. The van der Waals surface area contributed by atoms with Crippen molar-refractivity contribution in [3.63, 3.8) is 0 Å². The fourth-order valence-electron chi connectivity index (χ4n) is 3.98. The number of halogens is 3. The minimum absolute atomic E-state index is 0.0885. The van der Waals surface area contributed by atoms with Crippen LogP contribution in [0.3, 0.4) is 0 Å². The van der Waals surface area contributed by atoms with Crippen LogP contribution in [0.25, 0.3) is 21.9 Å². The highest BCUT2D eigenvalue weighted by Crippen LogP contribution is 2.36. The van der Waals surface area contributed by atoms with Crippen molar-refractivity contribution in [1.82, 2.24) is 24.5 Å². The molecule has 0 radical (unpaired) electrons. The van der Waals surface area contributed by atoms with Gasteiger partial charge in [0.15, 0.2) is 5.82 Å². The second-order valence-corrected chi connectivity index (χ2v) is 8.24. The number of aromatic amines is 1. The summed E-state index contributed by atoms with van der Waals surface area (Å²) in [6.45, 7) is 0.210. The number of aromatic nitrogens is 5. The number of hydrogen-bond donors (Lipinski definition) is 2. The number of aryl methyl sites for hydroxylation is 1. The standard InChI is InChI=1S/C25H19F3N6O2/c1-33-9-8-21(32-33)30-23(35)18-4-2-3-15(11-18)14-34-10-7-17-12-16(5-6-19(17)24(34)36)20-13-29-31-22(20)25(26,27)28/h2-13H,14H2,1H3,(H,29,31)(H,30,32,35). The molecular weight excluding hydrogens is 473 g/mol. The highest BCUT2D eigenvalue weighted by Gasteiger charge is 2.35. The molecule has 1 amide bonds. The Hall–Kier alpha value is -4.67. The molecule has 0 saturated carbocycles. The number of fused-ring (bicyclic) bond motifs is 1. The quantitative estimate of drug-likeness (QED) is 0.379. The van der Waals surface area contributed by atoms with Gasteiger partial charge in [-0.15, -0.1) is 0 Å². The van der Waals surface area contributed by atoms with E-state index in [0.717, 1.165) is 11.8 Å². The predicted octanol–water partition coefficient (Wildman–Crippen LogP) is 4.44. The molecule has 0 bridgehead atoms. The summed E-state index contributed by atoms with van der Waals surface area (Å²) in [5, 5.41) is 13.2. The molecule has 3 aromatic heterocycles. The van der Waals surface area contributed by atoms with E-state index in [9.17, 15) is 22.8 Å². The molecule has 0 aliphatic heterocycles. The summed E-state index contributed by atoms with van der Waals surface area (Å²) in [7, 11) is 1.75. The van der Waals surface area contributed by atoms with Gasteiger partial charge in [0.05, 0.1) is 12.7 Å². The van der Waals surface area contributed by atoms with Crippen LogP contribution in [0.2, 0.25) is 0 Å². The van der Waals surface area contributed by atoms with E-state index in [1.165, 1.54) is 22.8 Å². The molecular formula is C25H19F3N6O2. The summed E-state index contributed by atoms with van der Waals surface area (Å²) >= 11 is 0. The monoisotopic (exact) mass is 492 g/mol. The van der Waals surface area contributed by atoms with E-state index in [4.69, 9.17) is 0 Å². The molecule has 182 valence electrons. The third kappa shape index (κ3) is 4.50. The van der Waals surface area contributed by atoms with Crippen LogP contribution in [-0.2, 0) is 19.8 Å². The van der Waals surface area contributed by atoms with Crippen LogP contribution in [0.15, 0.2) is 78.0 Å². The molecule has 0 aliphatic rings. The van der Waals surface area contributed by atoms with Crippen molar-refractivity contribution in [3.05, 3.63) is 100 Å². The third-order valence-corrected chi connectivity index (χ3v) is 5.71. The number of benzene rings is 2. The Kier molecular flexibility index (Phi) is 5.67. The Balaban J connectivity index is 1.41. The second-order valence-electron chi connectivity index (χ2n) is 8.24. The van der Waals surface area contributed by atoms with E-state index < -0.39 is 11.9 Å². The van der Waals surface area contributed by atoms with Crippen LogP contribution in [0.1, 0.15) is 21.6 Å². The summed E-state index contributed by atoms with van der Waals surface area (Å²) in [5.41, 5.74) is 0.113. The van der Waals surface area contributed by atoms with Crippen molar-refractivity contribution in [2.75, 3.05) is 5.32 Å². The highest BCUT2D eigenvalue weighted by molar-refractivity contribution is 6.03. The molecule has 0 saturated heterocycles. The number of alkyl halides is 3. The first-order valence-electron chi connectivity index (χ1n) is 10.8. The fourth-order valence-corrected chi connectivity index (χ4v) is 3.98. The summed E-state index contributed by atoms with van der Waals surface area (Å²) in [6, 6.07) is 14.7. The molecule has 8 nitrogen and oxygen atoms in total. The molecule has 0 atom stereocenters. The number of carbonyl (C=O) groups excluding carboxylic acids is 1. The van der Waals surface area contributed by atoms with Gasteiger partial charge in [-0.25, -0.2) is 0 Å². The van der Waals surface area contributed by atoms with E-state index in [0.29, 0.717) is 27.7 Å². The van der Waals surface area contributed by atoms with Gasteiger partial charge in [0, 0.05) is 42.0 Å². The Morgan fingerprint density at radius 3 is 2.67 bits per heavy atom. The first-order valence-corrected chi connectivity index (χ1v) is 10.8. The zero-order chi connectivity index (χ0) is 25.4. The van der Waals surface area contributed by atoms with Crippen molar-refractivity contribution in [2.24, 2.45) is 7.05 Å². The molecule has 0 fully saturated rings. The first kappa shape index (κ1) is 23.1. The molecule has 0 aliphatic carbocycles. The number of rotatable bonds is 5. The van der Waals surface area contributed by atoms with Gasteiger partial charge in [-0.1, -0.05) is 18.2 Å². The van der Waals surface area contributed by atoms with Crippen LogP contribution in [0.5, 0.6) is 0 Å². The Morgan fingerprint density at radius 2 is 1.92 bits per heavy atom. The van der Waals surface area contributed by atoms with E-state index in [2.05, 4.69) is 15.5 Å². The van der Waals surface area contributed by atoms with Crippen LogP contribution < -0.4 is 10.9 Å². The predicted molar refractivity (Wildman–Crippen MR) is 127 cm³/mol. The van der Waals surface area contributed by atoms with Crippen molar-refractivity contribution < 1.29 is 18.0 Å². The van der Waals surface area contributed by atoms with Crippen molar-refractivity contribution >= 4 is 22.5 Å². The van der Waals surface area contributed by atoms with Crippen molar-refractivity contribution in [1.29, 1.82) is 0 Å². The van der Waals surface area contributed by atoms with Gasteiger partial charge in [0.25, 0.3) is 11.5 Å². The molecule has 0 unspecified atom stereocenters. The first-order chi connectivity index (χ1) is 17.2. The lowest BCUT2D eigenvalue weighted by molar-refractivity contribution is -0.140. The third-order valence-electron chi connectivity index (χ3n) is 5.71. The number of pyridine rings is 1. The maximum absolute atomic E-state index is 13.2. The average molecular weight is 492 g/mol. The molecule has 2 N–H and O–H groups in total. The molecule has 0 spiro atoms. The Morgan fingerprint density at radius 1 is 1.08 bits per heavy atom. The zero-order valence-electron chi connectivity index (χ0n) is 18.9. The number of amides is 1. The van der Waals surface area contributed by atoms with Crippen LogP contribution >= 0.6 is 0 Å². The van der Waals surface area contributed by atoms with Gasteiger partial charge in [-0.3, -0.25) is 19.4 Å². The molecule has 5 rings (SSSR count). The average Bonchev–Trinajstić information content (AvgIpc) is 3.50. The van der Waals surface area contributed by atoms with Gasteiger partial charge in [-0.2, -0.15) is 23.4 Å². The molecule has 3 heterocycles. The smallest absolute Gasteiger partial charge is 0.311 e. The van der Waals surface area contributed by atoms with Crippen LogP contribution in [0, 0.1) is 0 Å². The maximum Gasteiger partial charge on any atom is 0.433 e. The number of nitrogens with zero attached hydrogens (tertiary/aromatic N) is 4. The summed E-state index contributed by atoms with van der Waals surface area (Å²) < 4.78 is 42.8. The lowest BCUT2D eigenvalue weighted by Crippen LogP contribution is -2.20. The Bertz CT molecular complexity index is 1650. The zero-order valence-corrected chi connectivity index (χ0v) is 18.9. The highest BCUT2D eigenvalue weighted by atomic mass is 19.4. The number of nitrogens with one attached hydrogen (secondary N) is 2. The van der Waals surface area contributed by atoms with E-state index in [1.807, 2.05) is 5.10 Å². The number of carbonyl (C=O) groups is 1. The molecule has 36 heavy (non-hydrogen) atoms. The Labute approximate surface area is 202 Å². The SMILES string of the molecule is Cn1ccc(NC(=O)c2cccc(Cn3ccc4cc(-c5cn[nH]c5C(F)(F)F)ccc4c3=O)c2)n1. The summed E-state index contributed by atoms with van der Waals surface area (Å²) in [5.74, 6) is 0.0993. The lowest BCUT2D eigenvalue weighted by atomic mass is 10.0. The van der Waals surface area contributed by atoms with Gasteiger partial charge in [0.2, 0.25) is 0 Å². The van der Waals surface area contributed by atoms with Gasteiger partial charge in [-0.05, 0) is 46.8 Å². The normalized spacial score (nSPS) is 11.7. The van der Waals surface area contributed by atoms with E-state index in [-0.39, 0.29) is 23.6 Å². The maximum atomic E-state index is 13.2. The fraction of sp³-hybridized carbons (Fsp3) is 0.120. The van der Waals surface area contributed by atoms with Gasteiger partial charge >= 0.3 is 6.18 Å². The molecule has 2 aromatic carbocycles. The number of H-pyrrole nitrogens is 1. The van der Waals surface area contributed by atoms with Crippen molar-refractivity contribution in [2.45, 2.75) is 12.7 Å². The van der Waals surface area contributed by atoms with Crippen LogP contribution in [0.4, 0.5) is 19.0 Å². The van der Waals surface area contributed by atoms with Gasteiger partial charge < -0.3 is 9.88 Å². The van der Waals surface area contributed by atoms with Crippen LogP contribution in [-0.4, -0.2) is 30.5 Å².